The first-order chi connectivity index (χ1) is 15.6. The quantitative estimate of drug-likeness (QED) is 0.586. The van der Waals surface area contributed by atoms with Gasteiger partial charge in [-0.05, 0) is 49.4 Å². The fourth-order valence-corrected chi connectivity index (χ4v) is 5.40. The minimum atomic E-state index is -0.364. The third kappa shape index (κ3) is 3.96. The molecule has 0 saturated carbocycles. The van der Waals surface area contributed by atoms with Crippen LogP contribution in [-0.4, -0.2) is 34.2 Å². The van der Waals surface area contributed by atoms with Crippen LogP contribution in [0.3, 0.4) is 0 Å². The molecule has 1 aliphatic heterocycles. The van der Waals surface area contributed by atoms with Crippen molar-refractivity contribution in [1.29, 1.82) is 0 Å². The van der Waals surface area contributed by atoms with Crippen LogP contribution in [0.25, 0.3) is 0 Å². The van der Waals surface area contributed by atoms with Gasteiger partial charge in [-0.25, -0.2) is 4.98 Å². The number of thiazole rings is 1. The molecule has 2 aliphatic rings. The smallest absolute Gasteiger partial charge is 0.261 e. The molecular formula is C25H23N3O3S. The summed E-state index contributed by atoms with van der Waals surface area (Å²) in [7, 11) is 0. The van der Waals surface area contributed by atoms with Gasteiger partial charge in [0, 0.05) is 23.4 Å². The van der Waals surface area contributed by atoms with Gasteiger partial charge in [-0.3, -0.25) is 19.3 Å². The first kappa shape index (κ1) is 20.6. The predicted molar refractivity (Wildman–Crippen MR) is 122 cm³/mol. The molecule has 0 atom stereocenters. The third-order valence-corrected chi connectivity index (χ3v) is 7.15. The van der Waals surface area contributed by atoms with Gasteiger partial charge in [-0.1, -0.05) is 30.3 Å². The molecule has 2 aromatic carbocycles. The number of aryl methyl sites for hydroxylation is 2. The van der Waals surface area contributed by atoms with E-state index in [2.05, 4.69) is 5.32 Å². The van der Waals surface area contributed by atoms with Crippen LogP contribution in [0, 0.1) is 0 Å². The molecule has 2 heterocycles. The normalized spacial score (nSPS) is 14.9. The van der Waals surface area contributed by atoms with E-state index in [0.717, 1.165) is 23.4 Å². The van der Waals surface area contributed by atoms with Crippen LogP contribution in [0.5, 0.6) is 0 Å². The monoisotopic (exact) mass is 445 g/mol. The number of carbonyl (C=O) groups is 3. The molecule has 0 saturated heterocycles. The fourth-order valence-electron chi connectivity index (χ4n) is 4.24. The van der Waals surface area contributed by atoms with Crippen molar-refractivity contribution in [3.05, 3.63) is 86.4 Å². The van der Waals surface area contributed by atoms with Gasteiger partial charge in [-0.2, -0.15) is 0 Å². The third-order valence-electron chi connectivity index (χ3n) is 5.93. The summed E-state index contributed by atoms with van der Waals surface area (Å²) in [5, 5.41) is 3.97. The molecular weight excluding hydrogens is 422 g/mol. The Morgan fingerprint density at radius 2 is 1.78 bits per heavy atom. The zero-order valence-corrected chi connectivity index (χ0v) is 18.4. The Bertz CT molecular complexity index is 1180. The van der Waals surface area contributed by atoms with Crippen LogP contribution in [-0.2, 0) is 25.8 Å². The fraction of sp³-hybridized carbons (Fsp3) is 0.280. The van der Waals surface area contributed by atoms with Crippen molar-refractivity contribution in [2.75, 3.05) is 6.54 Å². The van der Waals surface area contributed by atoms with E-state index in [9.17, 15) is 14.4 Å². The lowest BCUT2D eigenvalue weighted by Crippen LogP contribution is -2.29. The lowest BCUT2D eigenvalue weighted by atomic mass is 10.0. The van der Waals surface area contributed by atoms with Gasteiger partial charge in [-0.15, -0.1) is 11.3 Å². The Balaban J connectivity index is 1.23. The average Bonchev–Trinajstić information content (AvgIpc) is 3.34. The lowest BCUT2D eigenvalue weighted by molar-refractivity contribution is 0.0642. The molecule has 5 rings (SSSR count). The summed E-state index contributed by atoms with van der Waals surface area (Å²) in [5.74, 6) is -0.943. The summed E-state index contributed by atoms with van der Waals surface area (Å²) >= 11 is 1.75. The van der Waals surface area contributed by atoms with Gasteiger partial charge in [0.1, 0.15) is 0 Å². The molecule has 0 bridgehead atoms. The summed E-state index contributed by atoms with van der Waals surface area (Å²) < 4.78 is 0. The van der Waals surface area contributed by atoms with E-state index in [4.69, 9.17) is 4.98 Å². The Morgan fingerprint density at radius 1 is 1.00 bits per heavy atom. The first-order valence-electron chi connectivity index (χ1n) is 10.9. The molecule has 7 heteroatoms. The van der Waals surface area contributed by atoms with Gasteiger partial charge < -0.3 is 5.32 Å². The van der Waals surface area contributed by atoms with E-state index in [-0.39, 0.29) is 29.8 Å². The second-order valence-electron chi connectivity index (χ2n) is 8.13. The number of amides is 3. The summed E-state index contributed by atoms with van der Waals surface area (Å²) in [4.78, 5) is 45.5. The Hall–Kier alpha value is -3.32. The number of hydrogen-bond donors (Lipinski definition) is 1. The molecule has 162 valence electrons. The van der Waals surface area contributed by atoms with E-state index >= 15 is 0 Å². The highest BCUT2D eigenvalue weighted by Crippen LogP contribution is 2.27. The number of nitrogens with zero attached hydrogens (tertiary/aromatic N) is 2. The Labute approximate surface area is 190 Å². The summed E-state index contributed by atoms with van der Waals surface area (Å²) in [6.07, 6.45) is 5.30. The van der Waals surface area contributed by atoms with Crippen molar-refractivity contribution in [3.63, 3.8) is 0 Å². The van der Waals surface area contributed by atoms with Crippen LogP contribution in [0.15, 0.2) is 48.5 Å². The highest BCUT2D eigenvalue weighted by molar-refractivity contribution is 7.11. The highest BCUT2D eigenvalue weighted by atomic mass is 32.1. The SMILES string of the molecule is O=C(NCCc1nc2c(s1)CCCC2)c1ccc2c(c1)C(=O)N(Cc1ccccc1)C2=O. The van der Waals surface area contributed by atoms with Gasteiger partial charge in [0.2, 0.25) is 0 Å². The Morgan fingerprint density at radius 3 is 2.59 bits per heavy atom. The number of rotatable bonds is 6. The van der Waals surface area contributed by atoms with Crippen LogP contribution < -0.4 is 5.32 Å². The minimum Gasteiger partial charge on any atom is -0.352 e. The van der Waals surface area contributed by atoms with Crippen molar-refractivity contribution in [2.45, 2.75) is 38.6 Å². The van der Waals surface area contributed by atoms with Crippen LogP contribution in [0.1, 0.15) is 65.1 Å². The summed E-state index contributed by atoms with van der Waals surface area (Å²) in [5.41, 5.74) is 3.11. The number of nitrogens with one attached hydrogen (secondary N) is 1. The number of carbonyl (C=O) groups excluding carboxylic acids is 3. The van der Waals surface area contributed by atoms with Crippen LogP contribution >= 0.6 is 11.3 Å². The molecule has 32 heavy (non-hydrogen) atoms. The van der Waals surface area contributed by atoms with Gasteiger partial charge >= 0.3 is 0 Å². The molecule has 1 N–H and O–H groups in total. The second kappa shape index (κ2) is 8.67. The predicted octanol–water partition coefficient (Wildman–Crippen LogP) is 3.79. The molecule has 6 nitrogen and oxygen atoms in total. The summed E-state index contributed by atoms with van der Waals surface area (Å²) in [6.45, 7) is 0.696. The molecule has 1 aliphatic carbocycles. The van der Waals surface area contributed by atoms with Crippen molar-refractivity contribution >= 4 is 29.1 Å². The van der Waals surface area contributed by atoms with Crippen molar-refractivity contribution < 1.29 is 14.4 Å². The largest absolute Gasteiger partial charge is 0.352 e. The van der Waals surface area contributed by atoms with Crippen LogP contribution in [0.2, 0.25) is 0 Å². The molecule has 0 radical (unpaired) electrons. The summed E-state index contributed by atoms with van der Waals surface area (Å²) in [6, 6.07) is 14.1. The zero-order chi connectivity index (χ0) is 22.1. The number of aromatic nitrogens is 1. The molecule has 0 fully saturated rings. The van der Waals surface area contributed by atoms with Crippen LogP contribution in [0.4, 0.5) is 0 Å². The average molecular weight is 446 g/mol. The van der Waals surface area contributed by atoms with Gasteiger partial charge in [0.15, 0.2) is 0 Å². The molecule has 3 amide bonds. The van der Waals surface area contributed by atoms with E-state index in [0.29, 0.717) is 24.1 Å². The number of hydrogen-bond acceptors (Lipinski definition) is 5. The van der Waals surface area contributed by atoms with E-state index in [1.54, 1.807) is 23.5 Å². The van der Waals surface area contributed by atoms with E-state index in [1.165, 1.54) is 34.4 Å². The molecule has 3 aromatic rings. The van der Waals surface area contributed by atoms with Crippen molar-refractivity contribution in [2.24, 2.45) is 0 Å². The molecule has 0 spiro atoms. The van der Waals surface area contributed by atoms with Crippen molar-refractivity contribution in [3.8, 4) is 0 Å². The molecule has 0 unspecified atom stereocenters. The van der Waals surface area contributed by atoms with E-state index < -0.39 is 0 Å². The Kier molecular flexibility index (Phi) is 5.57. The zero-order valence-electron chi connectivity index (χ0n) is 17.6. The topological polar surface area (TPSA) is 79.4 Å². The van der Waals surface area contributed by atoms with E-state index in [1.807, 2.05) is 30.3 Å². The maximum Gasteiger partial charge on any atom is 0.261 e. The number of imide groups is 1. The molecule has 1 aromatic heterocycles. The van der Waals surface area contributed by atoms with Crippen molar-refractivity contribution in [1.82, 2.24) is 15.2 Å². The lowest BCUT2D eigenvalue weighted by Gasteiger charge is -2.13. The van der Waals surface area contributed by atoms with Gasteiger partial charge in [0.05, 0.1) is 28.4 Å². The first-order valence-corrected chi connectivity index (χ1v) is 11.7. The standard InChI is InChI=1S/C25H23N3O3S/c29-23(26-13-12-22-27-20-8-4-5-9-21(20)32-22)17-10-11-18-19(14-17)25(31)28(24(18)30)15-16-6-2-1-3-7-16/h1-3,6-7,10-11,14H,4-5,8-9,12-13,15H2,(H,26,29). The number of fused-ring (bicyclic) bond motifs is 2. The number of benzene rings is 2. The minimum absolute atomic E-state index is 0.215. The van der Waals surface area contributed by atoms with Gasteiger partial charge in [0.25, 0.3) is 17.7 Å². The highest BCUT2D eigenvalue weighted by Gasteiger charge is 2.36. The second-order valence-corrected chi connectivity index (χ2v) is 9.30. The maximum atomic E-state index is 12.8. The maximum absolute atomic E-state index is 12.8.